The zero-order valence-corrected chi connectivity index (χ0v) is 12.8. The number of rotatable bonds is 7. The second-order valence-electron chi connectivity index (χ2n) is 5.59. The van der Waals surface area contributed by atoms with E-state index in [4.69, 9.17) is 4.74 Å². The van der Waals surface area contributed by atoms with Crippen LogP contribution in [0.15, 0.2) is 0 Å². The van der Waals surface area contributed by atoms with Crippen LogP contribution in [-0.2, 0) is 14.3 Å². The summed E-state index contributed by atoms with van der Waals surface area (Å²) in [7, 11) is 0. The molecule has 0 unspecified atom stereocenters. The molecule has 1 heterocycles. The highest BCUT2D eigenvalue weighted by atomic mass is 16.5. The summed E-state index contributed by atoms with van der Waals surface area (Å²) in [6.45, 7) is 10.5. The molecule has 0 aromatic heterocycles. The van der Waals surface area contributed by atoms with Gasteiger partial charge in [0.05, 0.1) is 13.2 Å². The Morgan fingerprint density at radius 1 is 1.10 bits per heavy atom. The highest BCUT2D eigenvalue weighted by Gasteiger charge is 2.35. The predicted molar refractivity (Wildman–Crippen MR) is 77.4 cm³/mol. The van der Waals surface area contributed by atoms with Crippen molar-refractivity contribution >= 4 is 11.8 Å². The van der Waals surface area contributed by atoms with E-state index in [0.717, 1.165) is 39.3 Å². The van der Waals surface area contributed by atoms with Crippen LogP contribution < -0.4 is 10.6 Å². The van der Waals surface area contributed by atoms with Crippen molar-refractivity contribution in [3.05, 3.63) is 0 Å². The van der Waals surface area contributed by atoms with Crippen molar-refractivity contribution < 1.29 is 14.3 Å². The minimum atomic E-state index is -1.03. The molecule has 1 fully saturated rings. The number of nitrogens with one attached hydrogen (secondary N) is 2. The molecule has 0 atom stereocenters. The Morgan fingerprint density at radius 3 is 2.20 bits per heavy atom. The SMILES string of the molecule is CCCNC(=O)C(C)(C)C(=O)NCCN1CCOCC1. The number of nitrogens with zero attached hydrogens (tertiary/aromatic N) is 1. The first-order valence-electron chi connectivity index (χ1n) is 7.35. The number of carbonyl (C=O) groups excluding carboxylic acids is 2. The molecule has 2 amide bonds. The maximum Gasteiger partial charge on any atom is 0.235 e. The smallest absolute Gasteiger partial charge is 0.235 e. The van der Waals surface area contributed by atoms with Crippen molar-refractivity contribution in [1.82, 2.24) is 15.5 Å². The normalized spacial score (nSPS) is 16.8. The average Bonchev–Trinajstić information content (AvgIpc) is 2.45. The Morgan fingerprint density at radius 2 is 1.65 bits per heavy atom. The fraction of sp³-hybridized carbons (Fsp3) is 0.857. The molecule has 0 saturated carbocycles. The number of carbonyl (C=O) groups is 2. The lowest BCUT2D eigenvalue weighted by molar-refractivity contribution is -0.141. The van der Waals surface area contributed by atoms with Gasteiger partial charge >= 0.3 is 0 Å². The van der Waals surface area contributed by atoms with Gasteiger partial charge in [0.15, 0.2) is 0 Å². The van der Waals surface area contributed by atoms with Gasteiger partial charge in [-0.3, -0.25) is 14.5 Å². The molecule has 1 saturated heterocycles. The largest absolute Gasteiger partial charge is 0.379 e. The molecular formula is C14H27N3O3. The zero-order chi connectivity index (χ0) is 15.0. The maximum atomic E-state index is 12.1. The van der Waals surface area contributed by atoms with Crippen molar-refractivity contribution in [2.75, 3.05) is 45.9 Å². The molecule has 0 aromatic rings. The van der Waals surface area contributed by atoms with Gasteiger partial charge < -0.3 is 15.4 Å². The Kier molecular flexibility index (Phi) is 6.95. The van der Waals surface area contributed by atoms with E-state index >= 15 is 0 Å². The lowest BCUT2D eigenvalue weighted by Gasteiger charge is -2.27. The van der Waals surface area contributed by atoms with Gasteiger partial charge in [-0.1, -0.05) is 6.92 Å². The molecule has 2 N–H and O–H groups in total. The number of morpholine rings is 1. The third kappa shape index (κ3) is 5.09. The molecular weight excluding hydrogens is 258 g/mol. The molecule has 1 rings (SSSR count). The van der Waals surface area contributed by atoms with E-state index in [1.807, 2.05) is 6.92 Å². The van der Waals surface area contributed by atoms with Crippen LogP contribution in [0.5, 0.6) is 0 Å². The maximum absolute atomic E-state index is 12.1. The fourth-order valence-corrected chi connectivity index (χ4v) is 1.94. The third-order valence-corrected chi connectivity index (χ3v) is 3.49. The Bertz CT molecular complexity index is 326. The fourth-order valence-electron chi connectivity index (χ4n) is 1.94. The second-order valence-corrected chi connectivity index (χ2v) is 5.59. The lowest BCUT2D eigenvalue weighted by Crippen LogP contribution is -2.49. The molecule has 116 valence electrons. The number of ether oxygens (including phenoxy) is 1. The Labute approximate surface area is 121 Å². The Hall–Kier alpha value is -1.14. The molecule has 1 aliphatic rings. The highest BCUT2D eigenvalue weighted by molar-refractivity contribution is 6.04. The van der Waals surface area contributed by atoms with Gasteiger partial charge in [0.25, 0.3) is 0 Å². The highest BCUT2D eigenvalue weighted by Crippen LogP contribution is 2.15. The lowest BCUT2D eigenvalue weighted by atomic mass is 9.91. The predicted octanol–water partition coefficient (Wildman–Crippen LogP) is -0.0128. The first-order valence-corrected chi connectivity index (χ1v) is 7.35. The number of hydrogen-bond acceptors (Lipinski definition) is 4. The van der Waals surface area contributed by atoms with E-state index in [1.165, 1.54) is 0 Å². The van der Waals surface area contributed by atoms with Gasteiger partial charge in [0.2, 0.25) is 11.8 Å². The van der Waals surface area contributed by atoms with Gasteiger partial charge in [-0.15, -0.1) is 0 Å². The summed E-state index contributed by atoms with van der Waals surface area (Å²) in [5, 5.41) is 5.61. The van der Waals surface area contributed by atoms with E-state index < -0.39 is 5.41 Å². The van der Waals surface area contributed by atoms with E-state index in [0.29, 0.717) is 13.1 Å². The van der Waals surface area contributed by atoms with Crippen LogP contribution in [0.25, 0.3) is 0 Å². The minimum Gasteiger partial charge on any atom is -0.379 e. The van der Waals surface area contributed by atoms with Crippen LogP contribution in [-0.4, -0.2) is 62.7 Å². The number of amides is 2. The quantitative estimate of drug-likeness (QED) is 0.645. The van der Waals surface area contributed by atoms with Crippen molar-refractivity contribution in [2.24, 2.45) is 5.41 Å². The summed E-state index contributed by atoms with van der Waals surface area (Å²) < 4.78 is 5.27. The third-order valence-electron chi connectivity index (χ3n) is 3.49. The minimum absolute atomic E-state index is 0.219. The van der Waals surface area contributed by atoms with Crippen molar-refractivity contribution in [1.29, 1.82) is 0 Å². The summed E-state index contributed by atoms with van der Waals surface area (Å²) in [6.07, 6.45) is 0.862. The van der Waals surface area contributed by atoms with Crippen LogP contribution in [0.1, 0.15) is 27.2 Å². The van der Waals surface area contributed by atoms with Gasteiger partial charge in [-0.25, -0.2) is 0 Å². The van der Waals surface area contributed by atoms with Gasteiger partial charge in [-0.05, 0) is 20.3 Å². The van der Waals surface area contributed by atoms with Gasteiger partial charge in [0.1, 0.15) is 5.41 Å². The van der Waals surface area contributed by atoms with Crippen LogP contribution in [0.4, 0.5) is 0 Å². The van der Waals surface area contributed by atoms with E-state index in [2.05, 4.69) is 15.5 Å². The second kappa shape index (κ2) is 8.21. The molecule has 0 aromatic carbocycles. The average molecular weight is 285 g/mol. The monoisotopic (exact) mass is 285 g/mol. The first-order chi connectivity index (χ1) is 9.48. The molecule has 20 heavy (non-hydrogen) atoms. The first kappa shape index (κ1) is 16.9. The molecule has 0 spiro atoms. The van der Waals surface area contributed by atoms with Crippen molar-refractivity contribution in [3.8, 4) is 0 Å². The summed E-state index contributed by atoms with van der Waals surface area (Å²) in [4.78, 5) is 26.3. The summed E-state index contributed by atoms with van der Waals surface area (Å²) in [5.74, 6) is -0.442. The van der Waals surface area contributed by atoms with E-state index in [9.17, 15) is 9.59 Å². The van der Waals surface area contributed by atoms with Gasteiger partial charge in [-0.2, -0.15) is 0 Å². The number of hydrogen-bond donors (Lipinski definition) is 2. The summed E-state index contributed by atoms with van der Waals surface area (Å²) >= 11 is 0. The molecule has 6 nitrogen and oxygen atoms in total. The van der Waals surface area contributed by atoms with Crippen molar-refractivity contribution in [3.63, 3.8) is 0 Å². The topological polar surface area (TPSA) is 70.7 Å². The van der Waals surface area contributed by atoms with Crippen LogP contribution >= 0.6 is 0 Å². The molecule has 1 aliphatic heterocycles. The van der Waals surface area contributed by atoms with E-state index in [1.54, 1.807) is 13.8 Å². The molecule has 0 aliphatic carbocycles. The summed E-state index contributed by atoms with van der Waals surface area (Å²) in [6, 6.07) is 0. The van der Waals surface area contributed by atoms with Crippen LogP contribution in [0.2, 0.25) is 0 Å². The standard InChI is InChI=1S/C14H27N3O3/c1-4-5-15-12(18)14(2,3)13(19)16-6-7-17-8-10-20-11-9-17/h4-11H2,1-3H3,(H,15,18)(H,16,19). The van der Waals surface area contributed by atoms with Crippen molar-refractivity contribution in [2.45, 2.75) is 27.2 Å². The van der Waals surface area contributed by atoms with Gasteiger partial charge in [0, 0.05) is 32.7 Å². The van der Waals surface area contributed by atoms with Crippen LogP contribution in [0, 0.1) is 5.41 Å². The van der Waals surface area contributed by atoms with Crippen LogP contribution in [0.3, 0.4) is 0 Å². The summed E-state index contributed by atoms with van der Waals surface area (Å²) in [5.41, 5.74) is -1.03. The molecule has 0 radical (unpaired) electrons. The zero-order valence-electron chi connectivity index (χ0n) is 12.8. The molecule has 0 bridgehead atoms. The Balaban J connectivity index is 2.30. The van der Waals surface area contributed by atoms with E-state index in [-0.39, 0.29) is 11.8 Å². The molecule has 6 heteroatoms.